The second-order valence-corrected chi connectivity index (χ2v) is 19.4. The second kappa shape index (κ2) is 30.7. The van der Waals surface area contributed by atoms with Crippen LogP contribution in [0.25, 0.3) is 33.8 Å². The van der Waals surface area contributed by atoms with Gasteiger partial charge in [0.2, 0.25) is 0 Å². The number of hydrogen-bond donors (Lipinski definition) is 0. The zero-order valence-corrected chi connectivity index (χ0v) is 46.6. The number of aryl methyl sites for hydroxylation is 9. The van der Waals surface area contributed by atoms with Crippen molar-refractivity contribution in [1.29, 1.82) is 0 Å². The van der Waals surface area contributed by atoms with Crippen LogP contribution in [0.15, 0.2) is 103 Å². The van der Waals surface area contributed by atoms with Crippen LogP contribution < -0.4 is 33.8 Å². The minimum Gasteiger partial charge on any atom is -0.660 e. The molecule has 0 spiro atoms. The third-order valence-electron chi connectivity index (χ3n) is 13.1. The first-order valence-electron chi connectivity index (χ1n) is 25.7. The number of rotatable bonds is 6. The molecule has 11 rings (SSSR count). The summed E-state index contributed by atoms with van der Waals surface area (Å²) in [5.41, 5.74) is 20.1. The van der Waals surface area contributed by atoms with Crippen molar-refractivity contribution in [2.24, 2.45) is 0 Å². The van der Waals surface area contributed by atoms with E-state index in [1.807, 2.05) is 18.2 Å². The predicted molar refractivity (Wildman–Crippen MR) is 288 cm³/mol. The van der Waals surface area contributed by atoms with Crippen LogP contribution in [0.2, 0.25) is 0 Å². The molecule has 4 aliphatic rings. The molecule has 8 nitrogen and oxygen atoms in total. The zero-order valence-electron chi connectivity index (χ0n) is 45.4. The van der Waals surface area contributed by atoms with Crippen LogP contribution in [0.3, 0.4) is 0 Å². The molecular formula is C62H79LiMnN4O4. The maximum atomic E-state index is 5.33. The Hall–Kier alpha value is -4.39. The van der Waals surface area contributed by atoms with Crippen LogP contribution in [-0.2, 0) is 41.4 Å². The summed E-state index contributed by atoms with van der Waals surface area (Å²) in [4.78, 5) is 19.8. The van der Waals surface area contributed by atoms with Gasteiger partial charge in [-0.05, 0) is 181 Å². The van der Waals surface area contributed by atoms with Crippen LogP contribution >= 0.6 is 0 Å². The third-order valence-corrected chi connectivity index (χ3v) is 13.1. The van der Waals surface area contributed by atoms with E-state index in [0.29, 0.717) is 0 Å². The summed E-state index contributed by atoms with van der Waals surface area (Å²) in [6, 6.07) is 32.1. The Balaban J connectivity index is 0.000000321. The van der Waals surface area contributed by atoms with Gasteiger partial charge in [-0.2, -0.15) is 0 Å². The average Bonchev–Trinajstić information content (AvgIpc) is 4.20. The first kappa shape index (κ1) is 60.2. The van der Waals surface area contributed by atoms with Gasteiger partial charge in [0.15, 0.2) is 0 Å². The quantitative estimate of drug-likeness (QED) is 0.152. The van der Waals surface area contributed by atoms with Crippen molar-refractivity contribution < 1.29 is 54.9 Å². The summed E-state index contributed by atoms with van der Waals surface area (Å²) in [6.45, 7) is 29.7. The largest absolute Gasteiger partial charge is 2.00 e. The summed E-state index contributed by atoms with van der Waals surface area (Å²) in [5, 5.41) is 0. The Bertz CT molecular complexity index is 2260. The Kier molecular flexibility index (Phi) is 25.7. The van der Waals surface area contributed by atoms with E-state index >= 15 is 0 Å². The molecule has 4 aromatic heterocycles. The molecular weight excluding hydrogens is 927 g/mol. The van der Waals surface area contributed by atoms with Crippen molar-refractivity contribution in [3.05, 3.63) is 171 Å². The molecule has 4 aliphatic heterocycles. The van der Waals surface area contributed by atoms with Crippen molar-refractivity contribution in [1.82, 2.24) is 19.9 Å². The molecule has 0 unspecified atom stereocenters. The minimum atomic E-state index is -0.653. The Labute approximate surface area is 455 Å². The van der Waals surface area contributed by atoms with Gasteiger partial charge in [0, 0.05) is 65.2 Å². The number of nitrogens with zero attached hydrogens (tertiary/aromatic N) is 4. The summed E-state index contributed by atoms with van der Waals surface area (Å²) in [6.07, 6.45) is 13.7. The van der Waals surface area contributed by atoms with Gasteiger partial charge in [0.1, 0.15) is 0 Å². The fourth-order valence-corrected chi connectivity index (χ4v) is 9.84. The van der Waals surface area contributed by atoms with Crippen molar-refractivity contribution in [3.8, 4) is 33.8 Å². The van der Waals surface area contributed by atoms with Gasteiger partial charge in [-0.15, -0.1) is 34.2 Å². The molecule has 4 saturated heterocycles. The molecule has 7 aromatic rings. The number of aromatic nitrogens is 4. The molecule has 0 atom stereocenters. The van der Waals surface area contributed by atoms with E-state index in [2.05, 4.69) is 147 Å². The second-order valence-electron chi connectivity index (χ2n) is 19.4. The van der Waals surface area contributed by atoms with E-state index in [4.69, 9.17) is 33.9 Å². The predicted octanol–water partition coefficient (Wildman–Crippen LogP) is 11.0. The fraction of sp³-hybridized carbons (Fsp3) is 0.435. The standard InChI is InChI=1S/C41H42N3.C5H5N.4C4H8O.Li.Mn/c1-23-17-26(4)38(27(5)18-23)32-11-14-35(42-32)41(10,36-15-12-33(43-36)39-28(6)19-24(2)20-29(39)7)37-16-13-34(44-37)40-30(8)21-25(3)22-31(40)9;1-2-4-6-5-3-1;4*1-2-4-5-3-1;;/h11-22H,1-10H3;1-5H;4*1-4H2;;/q-3;;;;;;+1;+2. The first-order valence-corrected chi connectivity index (χ1v) is 25.7. The fourth-order valence-electron chi connectivity index (χ4n) is 9.84. The topological polar surface area (TPSA) is 92.1 Å². The third kappa shape index (κ3) is 17.1. The zero-order chi connectivity index (χ0) is 49.9. The molecule has 1 radical (unpaired) electrons. The van der Waals surface area contributed by atoms with E-state index in [-0.39, 0.29) is 35.9 Å². The van der Waals surface area contributed by atoms with Gasteiger partial charge in [-0.25, -0.2) is 0 Å². The van der Waals surface area contributed by atoms with Gasteiger partial charge >= 0.3 is 35.9 Å². The summed E-state index contributed by atoms with van der Waals surface area (Å²) >= 11 is 0. The molecule has 0 N–H and O–H groups in total. The molecule has 0 amide bonds. The molecule has 72 heavy (non-hydrogen) atoms. The summed E-state index contributed by atoms with van der Waals surface area (Å²) in [5.74, 6) is 0. The van der Waals surface area contributed by atoms with Gasteiger partial charge in [-0.3, -0.25) is 4.98 Å². The molecule has 3 aromatic carbocycles. The van der Waals surface area contributed by atoms with E-state index in [1.165, 1.54) is 118 Å². The van der Waals surface area contributed by atoms with E-state index in [9.17, 15) is 0 Å². The number of benzene rings is 3. The van der Waals surface area contributed by atoms with E-state index < -0.39 is 5.41 Å². The molecule has 379 valence electrons. The smallest absolute Gasteiger partial charge is 0.660 e. The molecule has 4 fully saturated rings. The molecule has 0 bridgehead atoms. The molecule has 10 heteroatoms. The minimum absolute atomic E-state index is 0. The van der Waals surface area contributed by atoms with Crippen molar-refractivity contribution in [3.63, 3.8) is 0 Å². The summed E-state index contributed by atoms with van der Waals surface area (Å²) in [7, 11) is 0. The maximum absolute atomic E-state index is 5.33. The number of ether oxygens (including phenoxy) is 4. The normalized spacial score (nSPS) is 14.6. The average molecular weight is 1010 g/mol. The number of hydrogen-bond acceptors (Lipinski definition) is 5. The van der Waals surface area contributed by atoms with Gasteiger partial charge in [0.05, 0.1) is 0 Å². The SMILES string of the molecule is C1CCOC1.C1CCOC1.C1CCOC1.C1CCOC1.Cc1cc(C)c(-c2ccc(C(C)(c3ccc(-c4c(C)cc(C)cc4C)[n-]3)c3ccc(-c4c(C)cc(C)cc4C)[n-]3)[n-]2)c(C)c1.[Li+].[Mn+2].c1ccncc1. The maximum Gasteiger partial charge on any atom is 2.00 e. The van der Waals surface area contributed by atoms with Crippen LogP contribution in [0.5, 0.6) is 0 Å². The van der Waals surface area contributed by atoms with Crippen molar-refractivity contribution >= 4 is 0 Å². The van der Waals surface area contributed by atoms with Crippen molar-refractivity contribution in [2.45, 2.75) is 126 Å². The Morgan fingerprint density at radius 1 is 0.375 bits per heavy atom. The molecule has 0 aliphatic carbocycles. The first-order chi connectivity index (χ1) is 33.9. The van der Waals surface area contributed by atoms with Crippen molar-refractivity contribution in [2.75, 3.05) is 52.9 Å². The van der Waals surface area contributed by atoms with Gasteiger partial charge < -0.3 is 33.9 Å². The van der Waals surface area contributed by atoms with Gasteiger partial charge in [-0.1, -0.05) is 102 Å². The summed E-state index contributed by atoms with van der Waals surface area (Å²) < 4.78 is 19.8. The Morgan fingerprint density at radius 3 is 0.778 bits per heavy atom. The van der Waals surface area contributed by atoms with Gasteiger partial charge in [0.25, 0.3) is 0 Å². The van der Waals surface area contributed by atoms with Crippen LogP contribution in [0.1, 0.15) is 125 Å². The monoisotopic (exact) mass is 1010 g/mol. The van der Waals surface area contributed by atoms with Crippen LogP contribution in [-0.4, -0.2) is 57.8 Å². The van der Waals surface area contributed by atoms with E-state index in [1.54, 1.807) is 12.4 Å². The molecule has 8 heterocycles. The molecule has 0 saturated carbocycles. The van der Waals surface area contributed by atoms with Crippen LogP contribution in [0, 0.1) is 62.3 Å². The Morgan fingerprint density at radius 2 is 0.611 bits per heavy atom. The van der Waals surface area contributed by atoms with Crippen LogP contribution in [0.4, 0.5) is 0 Å². The number of pyridine rings is 1. The van der Waals surface area contributed by atoms with E-state index in [0.717, 1.165) is 87.0 Å².